The molecule has 96 valence electrons. The standard InChI is InChI=1S/C12H11N5O2/c13-3-8-1-2-9(14-4-8)17-6-12(7-17)11(19)15-5-10(18)16-12/h1-2,4H,5-7H2,(H,15,19)(H,16,18). The van der Waals surface area contributed by atoms with E-state index in [1.165, 1.54) is 6.20 Å². The number of piperazine rings is 1. The number of nitriles is 1. The van der Waals surface area contributed by atoms with Crippen molar-refractivity contribution < 1.29 is 9.59 Å². The maximum atomic E-state index is 11.8. The van der Waals surface area contributed by atoms with Crippen LogP contribution in [0.15, 0.2) is 18.3 Å². The lowest BCUT2D eigenvalue weighted by molar-refractivity contribution is -0.139. The third-order valence-corrected chi connectivity index (χ3v) is 3.35. The first kappa shape index (κ1) is 11.5. The Kier molecular flexibility index (Phi) is 2.38. The van der Waals surface area contributed by atoms with Crippen molar-refractivity contribution in [1.82, 2.24) is 15.6 Å². The topological polar surface area (TPSA) is 98.1 Å². The zero-order valence-corrected chi connectivity index (χ0v) is 10.0. The Balaban J connectivity index is 1.73. The summed E-state index contributed by atoms with van der Waals surface area (Å²) in [6.07, 6.45) is 1.49. The molecule has 2 aliphatic heterocycles. The number of rotatable bonds is 1. The van der Waals surface area contributed by atoms with E-state index in [0.29, 0.717) is 24.5 Å². The van der Waals surface area contributed by atoms with Gasteiger partial charge in [0.25, 0.3) is 0 Å². The Hall–Kier alpha value is -2.62. The summed E-state index contributed by atoms with van der Waals surface area (Å²) >= 11 is 0. The highest BCUT2D eigenvalue weighted by molar-refractivity contribution is 6.00. The molecule has 2 amide bonds. The second kappa shape index (κ2) is 3.95. The Labute approximate surface area is 109 Å². The molecule has 19 heavy (non-hydrogen) atoms. The smallest absolute Gasteiger partial charge is 0.249 e. The summed E-state index contributed by atoms with van der Waals surface area (Å²) in [6.45, 7) is 0.822. The molecule has 1 aromatic heterocycles. The molecular formula is C12H11N5O2. The van der Waals surface area contributed by atoms with Gasteiger partial charge in [0.1, 0.15) is 11.9 Å². The number of carbonyl (C=O) groups is 2. The summed E-state index contributed by atoms with van der Waals surface area (Å²) in [5, 5.41) is 14.0. The lowest BCUT2D eigenvalue weighted by Crippen LogP contribution is -2.80. The van der Waals surface area contributed by atoms with Crippen molar-refractivity contribution in [3.05, 3.63) is 23.9 Å². The average Bonchev–Trinajstić information content (AvgIpc) is 2.39. The SMILES string of the molecule is N#Cc1ccc(N2CC3(C2)NC(=O)CNC3=O)nc1. The van der Waals surface area contributed by atoms with E-state index in [0.717, 1.165) is 0 Å². The normalized spacial score (nSPS) is 20.3. The van der Waals surface area contributed by atoms with Crippen molar-refractivity contribution in [3.8, 4) is 6.07 Å². The average molecular weight is 257 g/mol. The summed E-state index contributed by atoms with van der Waals surface area (Å²) in [4.78, 5) is 29.2. The lowest BCUT2D eigenvalue weighted by Gasteiger charge is -2.50. The molecule has 0 radical (unpaired) electrons. The molecule has 0 saturated carbocycles. The number of anilines is 1. The van der Waals surface area contributed by atoms with Gasteiger partial charge in [-0.05, 0) is 12.1 Å². The monoisotopic (exact) mass is 257 g/mol. The van der Waals surface area contributed by atoms with Crippen molar-refractivity contribution in [2.45, 2.75) is 5.54 Å². The van der Waals surface area contributed by atoms with E-state index < -0.39 is 5.54 Å². The molecule has 2 aliphatic rings. The van der Waals surface area contributed by atoms with E-state index in [4.69, 9.17) is 5.26 Å². The Morgan fingerprint density at radius 1 is 1.37 bits per heavy atom. The number of nitrogens with zero attached hydrogens (tertiary/aromatic N) is 3. The van der Waals surface area contributed by atoms with Crippen LogP contribution >= 0.6 is 0 Å². The predicted molar refractivity (Wildman–Crippen MR) is 65.0 cm³/mol. The first-order chi connectivity index (χ1) is 9.13. The second-order valence-corrected chi connectivity index (χ2v) is 4.69. The molecule has 2 saturated heterocycles. The Morgan fingerprint density at radius 2 is 2.16 bits per heavy atom. The van der Waals surface area contributed by atoms with E-state index in [1.807, 2.05) is 11.0 Å². The van der Waals surface area contributed by atoms with E-state index >= 15 is 0 Å². The number of amides is 2. The van der Waals surface area contributed by atoms with E-state index in [2.05, 4.69) is 15.6 Å². The summed E-state index contributed by atoms with van der Waals surface area (Å²) in [6, 6.07) is 5.40. The molecule has 0 bridgehead atoms. The van der Waals surface area contributed by atoms with E-state index in [-0.39, 0.29) is 18.4 Å². The molecule has 2 N–H and O–H groups in total. The van der Waals surface area contributed by atoms with Crippen LogP contribution in [0.2, 0.25) is 0 Å². The number of nitrogens with one attached hydrogen (secondary N) is 2. The fourth-order valence-electron chi connectivity index (χ4n) is 2.33. The third kappa shape index (κ3) is 1.78. The molecule has 3 heterocycles. The van der Waals surface area contributed by atoms with Gasteiger partial charge < -0.3 is 15.5 Å². The zero-order valence-electron chi connectivity index (χ0n) is 10.0. The summed E-state index contributed by atoms with van der Waals surface area (Å²) in [5.41, 5.74) is -0.340. The largest absolute Gasteiger partial charge is 0.351 e. The summed E-state index contributed by atoms with van der Waals surface area (Å²) in [5.74, 6) is 0.362. The number of carbonyl (C=O) groups excluding carboxylic acids is 2. The van der Waals surface area contributed by atoms with E-state index in [1.54, 1.807) is 12.1 Å². The van der Waals surface area contributed by atoms with Crippen LogP contribution < -0.4 is 15.5 Å². The van der Waals surface area contributed by atoms with E-state index in [9.17, 15) is 9.59 Å². The van der Waals surface area contributed by atoms with Gasteiger partial charge in [0, 0.05) is 6.20 Å². The van der Waals surface area contributed by atoms with Gasteiger partial charge in [0.15, 0.2) is 5.54 Å². The number of aromatic nitrogens is 1. The van der Waals surface area contributed by atoms with Crippen LogP contribution in [0.5, 0.6) is 0 Å². The fraction of sp³-hybridized carbons (Fsp3) is 0.333. The zero-order chi connectivity index (χ0) is 13.5. The minimum atomic E-state index is -0.828. The van der Waals surface area contributed by atoms with Crippen LogP contribution in [0.25, 0.3) is 0 Å². The van der Waals surface area contributed by atoms with Gasteiger partial charge in [-0.3, -0.25) is 9.59 Å². The molecule has 3 rings (SSSR count). The van der Waals surface area contributed by atoms with Gasteiger partial charge in [-0.15, -0.1) is 0 Å². The molecule has 0 aromatic carbocycles. The molecule has 1 aromatic rings. The van der Waals surface area contributed by atoms with Crippen LogP contribution in [0.1, 0.15) is 5.56 Å². The highest BCUT2D eigenvalue weighted by Gasteiger charge is 2.52. The quantitative estimate of drug-likeness (QED) is 0.655. The molecule has 0 aliphatic carbocycles. The maximum Gasteiger partial charge on any atom is 0.249 e. The van der Waals surface area contributed by atoms with Crippen LogP contribution in [0.3, 0.4) is 0 Å². The van der Waals surface area contributed by atoms with Crippen molar-refractivity contribution in [1.29, 1.82) is 5.26 Å². The van der Waals surface area contributed by atoms with Crippen molar-refractivity contribution in [3.63, 3.8) is 0 Å². The minimum absolute atomic E-state index is 0.0374. The number of hydrogen-bond acceptors (Lipinski definition) is 5. The van der Waals surface area contributed by atoms with Gasteiger partial charge in [-0.25, -0.2) is 4.98 Å². The minimum Gasteiger partial charge on any atom is -0.351 e. The molecule has 7 heteroatoms. The molecule has 0 atom stereocenters. The van der Waals surface area contributed by atoms with Gasteiger partial charge in [0.2, 0.25) is 11.8 Å². The van der Waals surface area contributed by atoms with Gasteiger partial charge >= 0.3 is 0 Å². The number of hydrogen-bond donors (Lipinski definition) is 2. The summed E-state index contributed by atoms with van der Waals surface area (Å²) in [7, 11) is 0. The third-order valence-electron chi connectivity index (χ3n) is 3.35. The van der Waals surface area contributed by atoms with Crippen LogP contribution in [-0.2, 0) is 9.59 Å². The molecular weight excluding hydrogens is 246 g/mol. The van der Waals surface area contributed by atoms with Crippen LogP contribution in [-0.4, -0.2) is 42.0 Å². The predicted octanol–water partition coefficient (Wildman–Crippen LogP) is -1.24. The van der Waals surface area contributed by atoms with Crippen LogP contribution in [0.4, 0.5) is 5.82 Å². The molecule has 1 spiro atoms. The molecule has 7 nitrogen and oxygen atoms in total. The van der Waals surface area contributed by atoms with Gasteiger partial charge in [0.05, 0.1) is 25.2 Å². The number of pyridine rings is 1. The highest BCUT2D eigenvalue weighted by atomic mass is 16.2. The van der Waals surface area contributed by atoms with Crippen molar-refractivity contribution in [2.75, 3.05) is 24.5 Å². The van der Waals surface area contributed by atoms with Crippen LogP contribution in [0, 0.1) is 11.3 Å². The highest BCUT2D eigenvalue weighted by Crippen LogP contribution is 2.27. The first-order valence-electron chi connectivity index (χ1n) is 5.83. The lowest BCUT2D eigenvalue weighted by atomic mass is 9.87. The fourth-order valence-corrected chi connectivity index (χ4v) is 2.33. The second-order valence-electron chi connectivity index (χ2n) is 4.69. The van der Waals surface area contributed by atoms with Gasteiger partial charge in [-0.1, -0.05) is 0 Å². The van der Waals surface area contributed by atoms with Gasteiger partial charge in [-0.2, -0.15) is 5.26 Å². The molecule has 0 unspecified atom stereocenters. The maximum absolute atomic E-state index is 11.8. The molecule has 2 fully saturated rings. The summed E-state index contributed by atoms with van der Waals surface area (Å²) < 4.78 is 0. The Bertz CT molecular complexity index is 583. The van der Waals surface area contributed by atoms with Crippen molar-refractivity contribution >= 4 is 17.6 Å². The van der Waals surface area contributed by atoms with Crippen molar-refractivity contribution in [2.24, 2.45) is 0 Å². The first-order valence-corrected chi connectivity index (χ1v) is 5.83. The Morgan fingerprint density at radius 3 is 2.79 bits per heavy atom.